The number of rotatable bonds is 8. The highest BCUT2D eigenvalue weighted by Gasteiger charge is 2.28. The second-order valence-corrected chi connectivity index (χ2v) is 12.6. The van der Waals surface area contributed by atoms with Gasteiger partial charge in [-0.25, -0.2) is 12.8 Å². The van der Waals surface area contributed by atoms with Gasteiger partial charge in [0.25, 0.3) is 0 Å². The molecule has 2 aliphatic rings. The number of nitrogens with zero attached hydrogens (tertiary/aromatic N) is 4. The molecule has 1 N–H and O–H groups in total. The summed E-state index contributed by atoms with van der Waals surface area (Å²) in [5.41, 5.74) is 3.00. The summed E-state index contributed by atoms with van der Waals surface area (Å²) in [4.78, 5) is 0.420. The first-order chi connectivity index (χ1) is 17.4. The highest BCUT2D eigenvalue weighted by molar-refractivity contribution is 7.99. The minimum Gasteiger partial charge on any atom is -0.385 e. The molecule has 3 heterocycles. The Bertz CT molecular complexity index is 1300. The van der Waals surface area contributed by atoms with E-state index in [0.717, 1.165) is 78.6 Å². The van der Waals surface area contributed by atoms with E-state index in [2.05, 4.69) is 15.5 Å². The molecule has 3 aromatic rings. The number of thioether (sulfide) groups is 1. The number of sulfonamides is 1. The molecule has 1 aromatic heterocycles. The molecule has 0 radical (unpaired) electrons. The van der Waals surface area contributed by atoms with Crippen molar-refractivity contribution in [1.82, 2.24) is 19.1 Å². The molecule has 0 amide bonds. The smallest absolute Gasteiger partial charge is 0.243 e. The first kappa shape index (κ1) is 25.2. The van der Waals surface area contributed by atoms with E-state index in [9.17, 15) is 12.8 Å². The van der Waals surface area contributed by atoms with Crippen molar-refractivity contribution in [2.24, 2.45) is 13.0 Å². The van der Waals surface area contributed by atoms with E-state index >= 15 is 0 Å². The number of anilines is 1. The van der Waals surface area contributed by atoms with Crippen LogP contribution in [0.4, 0.5) is 10.1 Å². The van der Waals surface area contributed by atoms with Gasteiger partial charge >= 0.3 is 0 Å². The zero-order valence-corrected chi connectivity index (χ0v) is 22.1. The third-order valence-electron chi connectivity index (χ3n) is 7.11. The Morgan fingerprint density at radius 2 is 1.89 bits per heavy atom. The quantitative estimate of drug-likeness (QED) is 0.329. The minimum atomic E-state index is -3.39. The molecule has 2 aliphatic heterocycles. The Morgan fingerprint density at radius 3 is 2.67 bits per heavy atom. The van der Waals surface area contributed by atoms with Gasteiger partial charge in [-0.15, -0.1) is 10.2 Å². The molecule has 0 spiro atoms. The lowest BCUT2D eigenvalue weighted by molar-refractivity contribution is 0.474. The normalized spacial score (nSPS) is 18.6. The first-order valence-corrected chi connectivity index (χ1v) is 15.0. The Morgan fingerprint density at radius 1 is 1.11 bits per heavy atom. The van der Waals surface area contributed by atoms with Crippen molar-refractivity contribution in [3.63, 3.8) is 0 Å². The summed E-state index contributed by atoms with van der Waals surface area (Å²) in [6.07, 6.45) is 5.95. The fourth-order valence-electron chi connectivity index (χ4n) is 4.98. The van der Waals surface area contributed by atoms with Crippen LogP contribution < -0.4 is 5.32 Å². The van der Waals surface area contributed by atoms with Crippen LogP contribution in [-0.4, -0.2) is 52.9 Å². The van der Waals surface area contributed by atoms with Gasteiger partial charge in [0.15, 0.2) is 11.0 Å². The highest BCUT2D eigenvalue weighted by Crippen LogP contribution is 2.31. The average Bonchev–Trinajstić information content (AvgIpc) is 3.50. The summed E-state index contributed by atoms with van der Waals surface area (Å²) in [7, 11) is -1.45. The van der Waals surface area contributed by atoms with E-state index in [0.29, 0.717) is 23.9 Å². The molecule has 1 saturated heterocycles. The van der Waals surface area contributed by atoms with Gasteiger partial charge in [0.1, 0.15) is 5.82 Å². The number of fused-ring (bicyclic) bond motifs is 1. The highest BCUT2D eigenvalue weighted by atomic mass is 32.2. The van der Waals surface area contributed by atoms with Gasteiger partial charge in [-0.2, -0.15) is 4.31 Å². The maximum atomic E-state index is 13.2. The SMILES string of the molecule is Cn1c(SCCCC2CCc3cc(S(=O)(=O)N4CCCC4)ccc3NC2)nnc1-c1ccc(F)cc1. The molecule has 2 aromatic carbocycles. The van der Waals surface area contributed by atoms with Gasteiger partial charge in [0, 0.05) is 43.7 Å². The third-order valence-corrected chi connectivity index (χ3v) is 10.1. The van der Waals surface area contributed by atoms with Crippen LogP contribution >= 0.6 is 11.8 Å². The predicted molar refractivity (Wildman–Crippen MR) is 141 cm³/mol. The number of benzene rings is 2. The topological polar surface area (TPSA) is 80.1 Å². The largest absolute Gasteiger partial charge is 0.385 e. The monoisotopic (exact) mass is 529 g/mol. The van der Waals surface area contributed by atoms with Crippen molar-refractivity contribution in [2.45, 2.75) is 48.6 Å². The maximum Gasteiger partial charge on any atom is 0.243 e. The second-order valence-electron chi connectivity index (χ2n) is 9.58. The van der Waals surface area contributed by atoms with E-state index in [-0.39, 0.29) is 5.82 Å². The molecule has 1 fully saturated rings. The molecular weight excluding hydrogens is 497 g/mol. The molecule has 10 heteroatoms. The van der Waals surface area contributed by atoms with Gasteiger partial charge in [0.05, 0.1) is 4.90 Å². The molecule has 1 atom stereocenters. The zero-order valence-electron chi connectivity index (χ0n) is 20.5. The van der Waals surface area contributed by atoms with Gasteiger partial charge in [0.2, 0.25) is 10.0 Å². The lowest BCUT2D eigenvalue weighted by Crippen LogP contribution is -2.27. The first-order valence-electron chi connectivity index (χ1n) is 12.6. The number of hydrogen-bond acceptors (Lipinski definition) is 6. The van der Waals surface area contributed by atoms with Crippen molar-refractivity contribution < 1.29 is 12.8 Å². The number of halogens is 1. The van der Waals surface area contributed by atoms with Crippen LogP contribution in [0.3, 0.4) is 0 Å². The Labute approximate surface area is 216 Å². The van der Waals surface area contributed by atoms with E-state index in [4.69, 9.17) is 0 Å². The van der Waals surface area contributed by atoms with E-state index in [1.165, 1.54) is 12.1 Å². The third kappa shape index (κ3) is 5.45. The van der Waals surface area contributed by atoms with Crippen LogP contribution in [0.25, 0.3) is 11.4 Å². The standard InChI is InChI=1S/C26H32FN5O2S2/c1-31-25(20-8-10-22(27)11-9-20)29-30-26(31)35-16-4-5-19-6-7-21-17-23(12-13-24(21)28-18-19)36(33,34)32-14-2-3-15-32/h8-13,17,19,28H,2-7,14-16,18H2,1H3. The molecule has 36 heavy (non-hydrogen) atoms. The Kier molecular flexibility index (Phi) is 7.64. The second kappa shape index (κ2) is 10.9. The maximum absolute atomic E-state index is 13.2. The van der Waals surface area contributed by atoms with Gasteiger partial charge < -0.3 is 9.88 Å². The lowest BCUT2D eigenvalue weighted by atomic mass is 9.97. The summed E-state index contributed by atoms with van der Waals surface area (Å²) in [6.45, 7) is 2.15. The van der Waals surface area contributed by atoms with Crippen molar-refractivity contribution in [3.8, 4) is 11.4 Å². The number of nitrogens with one attached hydrogen (secondary N) is 1. The summed E-state index contributed by atoms with van der Waals surface area (Å²) >= 11 is 1.69. The van der Waals surface area contributed by atoms with Crippen molar-refractivity contribution in [2.75, 3.05) is 30.7 Å². The molecule has 0 bridgehead atoms. The van der Waals surface area contributed by atoms with Crippen LogP contribution in [-0.2, 0) is 23.5 Å². The van der Waals surface area contributed by atoms with Gasteiger partial charge in [-0.1, -0.05) is 11.8 Å². The lowest BCUT2D eigenvalue weighted by Gasteiger charge is -2.17. The number of aryl methyl sites for hydroxylation is 1. The predicted octanol–water partition coefficient (Wildman–Crippen LogP) is 4.95. The van der Waals surface area contributed by atoms with Crippen molar-refractivity contribution >= 4 is 27.5 Å². The molecule has 192 valence electrons. The zero-order chi connectivity index (χ0) is 25.1. The summed E-state index contributed by atoms with van der Waals surface area (Å²) in [5, 5.41) is 13.0. The Hall–Kier alpha value is -2.43. The molecule has 0 aliphatic carbocycles. The summed E-state index contributed by atoms with van der Waals surface area (Å²) < 4.78 is 42.7. The van der Waals surface area contributed by atoms with Crippen LogP contribution in [0, 0.1) is 11.7 Å². The molecular formula is C26H32FN5O2S2. The molecule has 0 saturated carbocycles. The van der Waals surface area contributed by atoms with Gasteiger partial charge in [-0.05, 0) is 92.5 Å². The van der Waals surface area contributed by atoms with E-state index in [1.54, 1.807) is 34.3 Å². The van der Waals surface area contributed by atoms with E-state index in [1.807, 2.05) is 23.7 Å². The van der Waals surface area contributed by atoms with Crippen LogP contribution in [0.15, 0.2) is 52.5 Å². The van der Waals surface area contributed by atoms with Crippen molar-refractivity contribution in [1.29, 1.82) is 0 Å². The molecule has 1 unspecified atom stereocenters. The number of aromatic nitrogens is 3. The summed E-state index contributed by atoms with van der Waals surface area (Å²) in [5.74, 6) is 1.94. The van der Waals surface area contributed by atoms with Gasteiger partial charge in [-0.3, -0.25) is 0 Å². The van der Waals surface area contributed by atoms with Crippen LogP contribution in [0.1, 0.15) is 37.7 Å². The van der Waals surface area contributed by atoms with Crippen LogP contribution in [0.2, 0.25) is 0 Å². The van der Waals surface area contributed by atoms with Crippen molar-refractivity contribution in [3.05, 3.63) is 53.8 Å². The number of hydrogen-bond donors (Lipinski definition) is 1. The van der Waals surface area contributed by atoms with Crippen LogP contribution in [0.5, 0.6) is 0 Å². The van der Waals surface area contributed by atoms with E-state index < -0.39 is 10.0 Å². The minimum absolute atomic E-state index is 0.265. The Balaban J connectivity index is 1.13. The average molecular weight is 530 g/mol. The fourth-order valence-corrected chi connectivity index (χ4v) is 7.42. The fraction of sp³-hybridized carbons (Fsp3) is 0.462. The summed E-state index contributed by atoms with van der Waals surface area (Å²) in [6, 6.07) is 11.9. The molecule has 5 rings (SSSR count). The molecule has 7 nitrogen and oxygen atoms in total.